The van der Waals surface area contributed by atoms with Gasteiger partial charge in [0, 0.05) is 23.1 Å². The second kappa shape index (κ2) is 7.65. The molecule has 0 amide bonds. The SMILES string of the molecule is CC(C)(O)c1ccc(-c2ncc(C#C[Si](C)(C)C)c(Nc3cc(C4CC4)n[nH]3)n2)s1. The van der Waals surface area contributed by atoms with E-state index < -0.39 is 13.7 Å². The van der Waals surface area contributed by atoms with Gasteiger partial charge in [-0.05, 0) is 38.8 Å². The van der Waals surface area contributed by atoms with Crippen LogP contribution in [0.5, 0.6) is 0 Å². The molecule has 1 aliphatic carbocycles. The Morgan fingerprint density at radius 1 is 1.27 bits per heavy atom. The van der Waals surface area contributed by atoms with Gasteiger partial charge >= 0.3 is 0 Å². The fraction of sp³-hybridized carbons (Fsp3) is 0.409. The van der Waals surface area contributed by atoms with E-state index in [0.717, 1.165) is 26.8 Å². The molecule has 1 saturated carbocycles. The van der Waals surface area contributed by atoms with Gasteiger partial charge in [0.1, 0.15) is 13.9 Å². The van der Waals surface area contributed by atoms with Crippen molar-refractivity contribution in [2.45, 2.75) is 57.8 Å². The molecule has 30 heavy (non-hydrogen) atoms. The minimum absolute atomic E-state index is 0.579. The number of thiophene rings is 1. The maximum atomic E-state index is 10.3. The molecular formula is C22H27N5OSSi. The van der Waals surface area contributed by atoms with Crippen LogP contribution >= 0.6 is 11.3 Å². The van der Waals surface area contributed by atoms with E-state index in [1.54, 1.807) is 20.0 Å². The summed E-state index contributed by atoms with van der Waals surface area (Å²) < 4.78 is 0. The van der Waals surface area contributed by atoms with Crippen molar-refractivity contribution in [3.05, 3.63) is 40.5 Å². The molecule has 0 unspecified atom stereocenters. The molecule has 0 aromatic carbocycles. The molecule has 3 heterocycles. The zero-order chi connectivity index (χ0) is 21.5. The maximum absolute atomic E-state index is 10.3. The summed E-state index contributed by atoms with van der Waals surface area (Å²) in [5.41, 5.74) is 4.37. The number of aromatic nitrogens is 4. The Balaban J connectivity index is 1.69. The third-order valence-electron chi connectivity index (χ3n) is 4.64. The van der Waals surface area contributed by atoms with Crippen molar-refractivity contribution in [3.8, 4) is 22.2 Å². The number of nitrogens with one attached hydrogen (secondary N) is 2. The summed E-state index contributed by atoms with van der Waals surface area (Å²) in [6, 6.07) is 5.92. The summed E-state index contributed by atoms with van der Waals surface area (Å²) in [6.45, 7) is 10.2. The topological polar surface area (TPSA) is 86.7 Å². The fourth-order valence-corrected chi connectivity index (χ4v) is 4.30. The van der Waals surface area contributed by atoms with Gasteiger partial charge in [0.05, 0.1) is 21.7 Å². The van der Waals surface area contributed by atoms with Crippen molar-refractivity contribution in [2.75, 3.05) is 5.32 Å². The van der Waals surface area contributed by atoms with E-state index in [1.165, 1.54) is 24.2 Å². The van der Waals surface area contributed by atoms with Crippen LogP contribution in [0.1, 0.15) is 48.7 Å². The standard InChI is InChI=1S/C22H27N5OSSi/c1-22(2,28)18-9-8-17(29-18)21-23-13-15(10-11-30(3,4)5)20(25-21)24-19-12-16(26-27-19)14-6-7-14/h8-9,12-14,28H,6-7H2,1-5H3,(H2,23,24,25,26,27). The second-order valence-corrected chi connectivity index (χ2v) is 15.1. The monoisotopic (exact) mass is 437 g/mol. The van der Waals surface area contributed by atoms with Gasteiger partial charge in [0.2, 0.25) is 0 Å². The van der Waals surface area contributed by atoms with Crippen LogP contribution < -0.4 is 5.32 Å². The maximum Gasteiger partial charge on any atom is 0.171 e. The van der Waals surface area contributed by atoms with Crippen LogP contribution in [0.3, 0.4) is 0 Å². The van der Waals surface area contributed by atoms with Crippen molar-refractivity contribution >= 4 is 31.0 Å². The third-order valence-corrected chi connectivity index (χ3v) is 6.91. The predicted molar refractivity (Wildman–Crippen MR) is 125 cm³/mol. The number of H-pyrrole nitrogens is 1. The Labute approximate surface area is 182 Å². The lowest BCUT2D eigenvalue weighted by Crippen LogP contribution is -2.16. The molecule has 1 fully saturated rings. The van der Waals surface area contributed by atoms with Crippen molar-refractivity contribution in [1.82, 2.24) is 20.2 Å². The van der Waals surface area contributed by atoms with E-state index in [2.05, 4.69) is 51.6 Å². The molecule has 0 bridgehead atoms. The number of aliphatic hydroxyl groups is 1. The largest absolute Gasteiger partial charge is 0.385 e. The van der Waals surface area contributed by atoms with Crippen molar-refractivity contribution in [3.63, 3.8) is 0 Å². The van der Waals surface area contributed by atoms with E-state index in [1.807, 2.05) is 18.2 Å². The summed E-state index contributed by atoms with van der Waals surface area (Å²) in [6.07, 6.45) is 4.19. The van der Waals surface area contributed by atoms with Gasteiger partial charge in [0.15, 0.2) is 11.6 Å². The normalized spacial score (nSPS) is 14.3. The number of nitrogens with zero attached hydrogens (tertiary/aromatic N) is 3. The van der Waals surface area contributed by atoms with Gasteiger partial charge in [-0.1, -0.05) is 25.6 Å². The van der Waals surface area contributed by atoms with Crippen LogP contribution in [-0.4, -0.2) is 33.3 Å². The van der Waals surface area contributed by atoms with Crippen LogP contribution in [0, 0.1) is 11.5 Å². The van der Waals surface area contributed by atoms with Gasteiger partial charge in [-0.2, -0.15) is 5.10 Å². The number of rotatable bonds is 5. The van der Waals surface area contributed by atoms with Crippen LogP contribution in [0.2, 0.25) is 19.6 Å². The number of aromatic amines is 1. The minimum Gasteiger partial charge on any atom is -0.385 e. The summed E-state index contributed by atoms with van der Waals surface area (Å²) in [7, 11) is -1.54. The molecule has 3 aromatic rings. The fourth-order valence-electron chi connectivity index (χ4n) is 2.85. The molecule has 156 valence electrons. The van der Waals surface area contributed by atoms with Crippen LogP contribution in [-0.2, 0) is 5.60 Å². The van der Waals surface area contributed by atoms with Gasteiger partial charge in [0.25, 0.3) is 0 Å². The lowest BCUT2D eigenvalue weighted by atomic mass is 10.1. The Morgan fingerprint density at radius 3 is 2.67 bits per heavy atom. The van der Waals surface area contributed by atoms with Gasteiger partial charge in [-0.3, -0.25) is 5.10 Å². The number of anilines is 2. The predicted octanol–water partition coefficient (Wildman–Crippen LogP) is 5.01. The zero-order valence-corrected chi connectivity index (χ0v) is 19.8. The Hall–Kier alpha value is -2.47. The van der Waals surface area contributed by atoms with Gasteiger partial charge in [-0.25, -0.2) is 9.97 Å². The highest BCUT2D eigenvalue weighted by Crippen LogP contribution is 2.40. The average Bonchev–Trinajstić information content (AvgIpc) is 3.18. The van der Waals surface area contributed by atoms with E-state index in [4.69, 9.17) is 4.98 Å². The lowest BCUT2D eigenvalue weighted by Gasteiger charge is -2.14. The molecule has 1 aliphatic rings. The van der Waals surface area contributed by atoms with Crippen molar-refractivity contribution < 1.29 is 5.11 Å². The Kier molecular flexibility index (Phi) is 5.30. The molecular weight excluding hydrogens is 410 g/mol. The first kappa shape index (κ1) is 20.8. The number of hydrogen-bond acceptors (Lipinski definition) is 6. The van der Waals surface area contributed by atoms with Crippen molar-refractivity contribution in [2.24, 2.45) is 0 Å². The van der Waals surface area contributed by atoms with E-state index in [-0.39, 0.29) is 0 Å². The van der Waals surface area contributed by atoms with E-state index in [9.17, 15) is 5.11 Å². The van der Waals surface area contributed by atoms with Crippen LogP contribution in [0.25, 0.3) is 10.7 Å². The molecule has 0 atom stereocenters. The molecule has 0 radical (unpaired) electrons. The molecule has 0 aliphatic heterocycles. The summed E-state index contributed by atoms with van der Waals surface area (Å²) >= 11 is 1.50. The van der Waals surface area contributed by atoms with Crippen LogP contribution in [0.4, 0.5) is 11.6 Å². The summed E-state index contributed by atoms with van der Waals surface area (Å²) in [4.78, 5) is 11.1. The number of hydrogen-bond donors (Lipinski definition) is 3. The molecule has 3 aromatic heterocycles. The first-order valence-corrected chi connectivity index (χ1v) is 14.5. The van der Waals surface area contributed by atoms with Gasteiger partial charge < -0.3 is 10.4 Å². The lowest BCUT2D eigenvalue weighted by molar-refractivity contribution is 0.0825. The average molecular weight is 438 g/mol. The van der Waals surface area contributed by atoms with Gasteiger partial charge in [-0.15, -0.1) is 16.9 Å². The van der Waals surface area contributed by atoms with Crippen molar-refractivity contribution in [1.29, 1.82) is 0 Å². The first-order chi connectivity index (χ1) is 14.1. The summed E-state index contributed by atoms with van der Waals surface area (Å²) in [5.74, 6) is 5.93. The minimum atomic E-state index is -1.54. The van der Waals surface area contributed by atoms with E-state index in [0.29, 0.717) is 17.6 Å². The molecule has 0 spiro atoms. The first-order valence-electron chi connectivity index (χ1n) is 10.1. The zero-order valence-electron chi connectivity index (χ0n) is 18.0. The molecule has 8 heteroatoms. The quantitative estimate of drug-likeness (QED) is 0.386. The second-order valence-electron chi connectivity index (χ2n) is 9.28. The smallest absolute Gasteiger partial charge is 0.171 e. The van der Waals surface area contributed by atoms with E-state index >= 15 is 0 Å². The molecule has 3 N–H and O–H groups in total. The third kappa shape index (κ3) is 4.98. The molecule has 4 rings (SSSR count). The highest BCUT2D eigenvalue weighted by atomic mass is 32.1. The Bertz CT molecular complexity index is 1120. The summed E-state index contributed by atoms with van der Waals surface area (Å²) in [5, 5.41) is 21.1. The van der Waals surface area contributed by atoms with Crippen LogP contribution in [0.15, 0.2) is 24.4 Å². The highest BCUT2D eigenvalue weighted by Gasteiger charge is 2.26. The molecule has 0 saturated heterocycles. The molecule has 6 nitrogen and oxygen atoms in total. The highest BCUT2D eigenvalue weighted by molar-refractivity contribution is 7.15. The Morgan fingerprint density at radius 2 is 2.03 bits per heavy atom.